The zero-order valence-corrected chi connectivity index (χ0v) is 37.3. The van der Waals surface area contributed by atoms with Crippen molar-refractivity contribution < 1.29 is 62.2 Å². The molecular formula is C47H53N3O14. The highest BCUT2D eigenvalue weighted by Gasteiger charge is 2.51. The number of phenolic OH excluding ortho intramolecular Hbond substituents is 1. The minimum atomic E-state index is -2.05. The number of phenols is 1. The molecule has 1 saturated heterocycles. The fourth-order valence-corrected chi connectivity index (χ4v) is 8.51. The van der Waals surface area contributed by atoms with E-state index in [0.717, 1.165) is 0 Å². The molecule has 0 aromatic heterocycles. The Hall–Kier alpha value is -6.30. The summed E-state index contributed by atoms with van der Waals surface area (Å²) in [6.45, 7) is 13.1. The van der Waals surface area contributed by atoms with Crippen molar-refractivity contribution in [1.82, 2.24) is 9.88 Å². The number of hydrogen-bond donors (Lipinski definition) is 3. The molecule has 2 amide bonds. The number of anilines is 1. The topological polar surface area (TPSA) is 222 Å². The van der Waals surface area contributed by atoms with E-state index in [1.165, 1.54) is 52.0 Å². The van der Waals surface area contributed by atoms with Crippen molar-refractivity contribution in [2.45, 2.75) is 91.7 Å². The summed E-state index contributed by atoms with van der Waals surface area (Å²) in [5, 5.41) is 25.5. The van der Waals surface area contributed by atoms with E-state index in [-0.39, 0.29) is 79.9 Å². The monoisotopic (exact) mass is 883 g/mol. The number of benzene rings is 3. The average molecular weight is 884 g/mol. The van der Waals surface area contributed by atoms with Crippen LogP contribution in [0.2, 0.25) is 0 Å². The molecule has 64 heavy (non-hydrogen) atoms. The molecule has 0 unspecified atom stereocenters. The first-order chi connectivity index (χ1) is 30.3. The number of hydrogen-bond acceptors (Lipinski definition) is 15. The van der Waals surface area contributed by atoms with E-state index in [0.29, 0.717) is 12.3 Å². The molecule has 17 heteroatoms. The molecule has 9 atom stereocenters. The zero-order chi connectivity index (χ0) is 46.5. The number of nitrogens with zero attached hydrogens (tertiary/aromatic N) is 2. The number of nitrogens with one attached hydrogen (secondary N) is 1. The normalized spacial score (nSPS) is 29.0. The number of aliphatic hydroxyl groups excluding tert-OH is 1. The second kappa shape index (κ2) is 17.7. The molecular weight excluding hydrogens is 831 g/mol. The minimum Gasteiger partial charge on any atom is -0.507 e. The van der Waals surface area contributed by atoms with Crippen molar-refractivity contribution in [3.8, 4) is 28.7 Å². The third-order valence-corrected chi connectivity index (χ3v) is 12.4. The van der Waals surface area contributed by atoms with Crippen LogP contribution in [0.15, 0.2) is 63.6 Å². The number of allylic oxidation sites excluding steroid dienone is 2. The number of carbonyl (C=O) groups excluding carboxylic acids is 4. The second-order valence-corrected chi connectivity index (χ2v) is 16.9. The molecule has 0 radical (unpaired) electrons. The Labute approximate surface area is 368 Å². The molecule has 6 aliphatic rings. The number of Topliss-reactive ketones (excluding diaryl/α,β-unsaturated/α-hetero) is 1. The number of aliphatic hydroxyl groups is 1. The minimum absolute atomic E-state index is 0.0395. The van der Waals surface area contributed by atoms with Gasteiger partial charge in [-0.15, -0.1) is 0 Å². The van der Waals surface area contributed by atoms with Gasteiger partial charge in [0.05, 0.1) is 42.1 Å². The lowest BCUT2D eigenvalue weighted by Gasteiger charge is -2.33. The number of methoxy groups -OCH3 is 1. The van der Waals surface area contributed by atoms with Gasteiger partial charge in [-0.3, -0.25) is 24.0 Å². The fraction of sp³-hybridized carbons (Fsp3) is 0.447. The van der Waals surface area contributed by atoms with Gasteiger partial charge in [-0.1, -0.05) is 39.0 Å². The van der Waals surface area contributed by atoms with Crippen LogP contribution in [0.25, 0.3) is 33.3 Å². The number of likely N-dealkylation sites (N-methyl/N-ethyl adjacent to an activating group) is 1. The smallest absolute Gasteiger partial charge is 0.312 e. The number of aromatic nitrogens is 1. The van der Waals surface area contributed by atoms with Gasteiger partial charge in [0.2, 0.25) is 11.3 Å². The largest absolute Gasteiger partial charge is 0.507 e. The van der Waals surface area contributed by atoms with Crippen LogP contribution in [-0.2, 0) is 33.3 Å². The number of carbonyl (C=O) groups is 4. The first-order valence-corrected chi connectivity index (χ1v) is 21.0. The van der Waals surface area contributed by atoms with Crippen molar-refractivity contribution in [2.75, 3.05) is 32.6 Å². The van der Waals surface area contributed by atoms with Crippen molar-refractivity contribution >= 4 is 51.1 Å². The standard InChI is InChI=1S/C47H53N3O14/c1-21-12-11-13-22(2)46(57)49-36-39(55)33-32(35-43(36)62-31-20-28(14-15-29(31)48-35)59-19-17-50(9)26(6)51)34-41(24(4)37(33)53)64-47(8,45(34)56)60-18-16-30(58-10)23(3)42(61-27(7)52)44-38(54)25(5)40(21)63-44/h11-16,18,20-21,23,25,30,38,40,42,44,53-54H,17,19H2,1-10H3,(H,49,57)/b12-11+,18-16+,22-13-/t21-,23+,25-,30-,38+,40-,42+,44+,47-/m0/s1. The van der Waals surface area contributed by atoms with Crippen molar-refractivity contribution in [1.29, 1.82) is 0 Å². The molecule has 0 spiro atoms. The predicted octanol–water partition coefficient (Wildman–Crippen LogP) is 5.58. The van der Waals surface area contributed by atoms with Crippen molar-refractivity contribution in [3.63, 3.8) is 0 Å². The van der Waals surface area contributed by atoms with Crippen LogP contribution in [0.5, 0.6) is 17.2 Å². The third kappa shape index (κ3) is 8.18. The summed E-state index contributed by atoms with van der Waals surface area (Å²) in [5.41, 5.74) is -0.700. The second-order valence-electron chi connectivity index (χ2n) is 16.9. The van der Waals surface area contributed by atoms with Crippen molar-refractivity contribution in [3.05, 3.63) is 75.7 Å². The molecule has 1 aliphatic carbocycles. The van der Waals surface area contributed by atoms with Crippen LogP contribution in [-0.4, -0.2) is 107 Å². The number of aromatic hydroxyl groups is 1. The fourth-order valence-electron chi connectivity index (χ4n) is 8.51. The Morgan fingerprint density at radius 3 is 2.45 bits per heavy atom. The molecule has 5 heterocycles. The summed E-state index contributed by atoms with van der Waals surface area (Å²) in [7, 11) is 3.09. The van der Waals surface area contributed by atoms with Crippen LogP contribution in [0.3, 0.4) is 0 Å². The molecule has 2 aromatic rings. The average Bonchev–Trinajstić information content (AvgIpc) is 3.70. The van der Waals surface area contributed by atoms with Gasteiger partial charge in [0.15, 0.2) is 11.3 Å². The maximum Gasteiger partial charge on any atom is 0.312 e. The maximum absolute atomic E-state index is 14.7. The summed E-state index contributed by atoms with van der Waals surface area (Å²) >= 11 is 0. The summed E-state index contributed by atoms with van der Waals surface area (Å²) in [5.74, 6) is -5.91. The summed E-state index contributed by atoms with van der Waals surface area (Å²) in [6, 6.07) is 4.79. The Morgan fingerprint density at radius 2 is 1.77 bits per heavy atom. The SMILES string of the molecule is CO[C@H]1/C=C/O[C@@]2(C)Oc3c(C)c(O)c4c(=O)c(c5oc6cc(OCCN(C)C(C)=O)ccc6nc-5c4c3C2=O)NC(=O)/C(C)=C\C=C\[C@H](C)[C@@H]2O[C@H]([C@H](O)[C@@H]2C)[C@H](OC(C)=O)[C@@H]1C. The molecule has 0 saturated carbocycles. The predicted molar refractivity (Wildman–Crippen MR) is 233 cm³/mol. The highest BCUT2D eigenvalue weighted by atomic mass is 16.7. The number of fused-ring (bicyclic) bond motifs is 9. The Bertz CT molecular complexity index is 2670. The van der Waals surface area contributed by atoms with Gasteiger partial charge in [-0.2, -0.15) is 0 Å². The lowest BCUT2D eigenvalue weighted by molar-refractivity contribution is -0.168. The maximum atomic E-state index is 14.7. The van der Waals surface area contributed by atoms with Gasteiger partial charge in [-0.05, 0) is 32.1 Å². The van der Waals surface area contributed by atoms with E-state index >= 15 is 0 Å². The lowest BCUT2D eigenvalue weighted by Crippen LogP contribution is -2.46. The first-order valence-electron chi connectivity index (χ1n) is 21.0. The molecule has 8 rings (SSSR count). The van der Waals surface area contributed by atoms with Crippen molar-refractivity contribution in [2.24, 2.45) is 17.8 Å². The number of ether oxygens (including phenoxy) is 6. The Morgan fingerprint density at radius 1 is 1.03 bits per heavy atom. The van der Waals surface area contributed by atoms with Gasteiger partial charge in [-0.25, -0.2) is 4.98 Å². The summed E-state index contributed by atoms with van der Waals surface area (Å²) < 4.78 is 42.6. The van der Waals surface area contributed by atoms with Crippen LogP contribution < -0.4 is 20.2 Å². The third-order valence-electron chi connectivity index (χ3n) is 12.4. The van der Waals surface area contributed by atoms with Gasteiger partial charge in [0.1, 0.15) is 53.0 Å². The molecule has 3 N–H and O–H groups in total. The van der Waals surface area contributed by atoms with E-state index in [1.807, 2.05) is 19.9 Å². The van der Waals surface area contributed by atoms with E-state index in [1.54, 1.807) is 51.2 Å². The Kier molecular flexibility index (Phi) is 12.6. The molecule has 5 aliphatic heterocycles. The van der Waals surface area contributed by atoms with Gasteiger partial charge in [0.25, 0.3) is 11.7 Å². The van der Waals surface area contributed by atoms with Gasteiger partial charge in [0, 0.05) is 75.3 Å². The van der Waals surface area contributed by atoms with Gasteiger partial charge < -0.3 is 53.3 Å². The number of esters is 1. The zero-order valence-electron chi connectivity index (χ0n) is 37.3. The molecule has 340 valence electrons. The quantitative estimate of drug-likeness (QED) is 0.122. The highest BCUT2D eigenvalue weighted by molar-refractivity contribution is 6.22. The van der Waals surface area contributed by atoms with Gasteiger partial charge >= 0.3 is 11.8 Å². The van der Waals surface area contributed by atoms with Crippen LogP contribution >= 0.6 is 0 Å². The summed E-state index contributed by atoms with van der Waals surface area (Å²) in [6.07, 6.45) is 3.47. The highest BCUT2D eigenvalue weighted by Crippen LogP contribution is 2.50. The number of ketones is 1. The van der Waals surface area contributed by atoms with Crippen LogP contribution in [0.4, 0.5) is 5.69 Å². The molecule has 17 nitrogen and oxygen atoms in total. The van der Waals surface area contributed by atoms with Crippen LogP contribution in [0.1, 0.15) is 64.4 Å². The number of rotatable bonds is 6. The molecule has 1 fully saturated rings. The molecule has 2 aromatic carbocycles. The summed E-state index contributed by atoms with van der Waals surface area (Å²) in [4.78, 5) is 73.9. The lowest BCUT2D eigenvalue weighted by atomic mass is 9.86. The van der Waals surface area contributed by atoms with E-state index in [2.05, 4.69) is 5.32 Å². The first kappa shape index (κ1) is 45.7. The van der Waals surface area contributed by atoms with E-state index in [9.17, 15) is 34.2 Å². The van der Waals surface area contributed by atoms with E-state index < -0.39 is 77.0 Å². The Balaban J connectivity index is 1.41. The number of amides is 2. The van der Waals surface area contributed by atoms with E-state index in [4.69, 9.17) is 37.8 Å². The van der Waals surface area contributed by atoms with Crippen LogP contribution in [0, 0.1) is 24.7 Å². The molecule has 7 bridgehead atoms.